The van der Waals surface area contributed by atoms with Crippen molar-refractivity contribution in [2.75, 3.05) is 12.8 Å². The number of nitrogen functional groups attached to an aromatic ring is 1. The summed E-state index contributed by atoms with van der Waals surface area (Å²) in [4.78, 5) is 0.304. The molecule has 1 fully saturated rings. The number of benzene rings is 1. The van der Waals surface area contributed by atoms with Gasteiger partial charge >= 0.3 is 0 Å². The first-order valence-corrected chi connectivity index (χ1v) is 8.24. The molecular formula is C14H22N2O3S. The van der Waals surface area contributed by atoms with Crippen molar-refractivity contribution in [2.45, 2.75) is 50.2 Å². The molecule has 1 aliphatic carbocycles. The molecular weight excluding hydrogens is 276 g/mol. The lowest BCUT2D eigenvalue weighted by atomic mass is 10.1. The predicted octanol–water partition coefficient (Wildman–Crippen LogP) is 1.73. The molecule has 3 N–H and O–H groups in total. The monoisotopic (exact) mass is 298 g/mol. The minimum absolute atomic E-state index is 0.0646. The molecule has 1 aromatic carbocycles. The largest absolute Gasteiger partial charge is 0.398 e. The van der Waals surface area contributed by atoms with E-state index in [0.29, 0.717) is 21.7 Å². The van der Waals surface area contributed by atoms with Crippen LogP contribution in [0.5, 0.6) is 0 Å². The van der Waals surface area contributed by atoms with Gasteiger partial charge in [-0.3, -0.25) is 0 Å². The van der Waals surface area contributed by atoms with Gasteiger partial charge in [0.15, 0.2) is 0 Å². The Balaban J connectivity index is 2.26. The summed E-state index contributed by atoms with van der Waals surface area (Å²) in [5, 5.41) is 0. The molecule has 0 saturated heterocycles. The SMILES string of the molecule is COC1CCC(NS(=O)(=O)c2c(C)ccc(N)c2C)C1. The molecule has 6 heteroatoms. The molecule has 1 aromatic rings. The molecule has 1 aliphatic rings. The van der Waals surface area contributed by atoms with Crippen LogP contribution in [0.2, 0.25) is 0 Å². The van der Waals surface area contributed by atoms with E-state index in [1.165, 1.54) is 0 Å². The lowest BCUT2D eigenvalue weighted by Gasteiger charge is -2.17. The molecule has 0 amide bonds. The third kappa shape index (κ3) is 2.97. The number of nitrogens with two attached hydrogens (primary N) is 1. The standard InChI is InChI=1S/C14H22N2O3S/c1-9-4-7-13(15)10(2)14(9)20(17,18)16-11-5-6-12(8-11)19-3/h4,7,11-12,16H,5-6,8,15H2,1-3H3. The van der Waals surface area contributed by atoms with Crippen molar-refractivity contribution in [3.05, 3.63) is 23.3 Å². The molecule has 0 spiro atoms. The van der Waals surface area contributed by atoms with E-state index in [1.807, 2.05) is 0 Å². The molecule has 0 heterocycles. The summed E-state index contributed by atoms with van der Waals surface area (Å²) in [5.74, 6) is 0. The number of hydrogen-bond donors (Lipinski definition) is 2. The highest BCUT2D eigenvalue weighted by Gasteiger charge is 2.30. The Hall–Kier alpha value is -1.11. The highest BCUT2D eigenvalue weighted by Crippen LogP contribution is 2.27. The molecule has 112 valence electrons. The maximum absolute atomic E-state index is 12.6. The first-order chi connectivity index (χ1) is 9.35. The van der Waals surface area contributed by atoms with Crippen LogP contribution in [0.3, 0.4) is 0 Å². The van der Waals surface area contributed by atoms with Crippen LogP contribution in [0.1, 0.15) is 30.4 Å². The lowest BCUT2D eigenvalue weighted by molar-refractivity contribution is 0.107. The summed E-state index contributed by atoms with van der Waals surface area (Å²) in [6, 6.07) is 3.41. The van der Waals surface area contributed by atoms with Gasteiger partial charge in [-0.05, 0) is 50.3 Å². The van der Waals surface area contributed by atoms with Crippen LogP contribution in [0.25, 0.3) is 0 Å². The Morgan fingerprint density at radius 3 is 2.60 bits per heavy atom. The second-order valence-electron chi connectivity index (χ2n) is 5.41. The fraction of sp³-hybridized carbons (Fsp3) is 0.571. The van der Waals surface area contributed by atoms with Gasteiger partial charge in [-0.1, -0.05) is 6.07 Å². The summed E-state index contributed by atoms with van der Waals surface area (Å²) >= 11 is 0. The van der Waals surface area contributed by atoms with Gasteiger partial charge in [0.1, 0.15) is 0 Å². The number of anilines is 1. The first-order valence-electron chi connectivity index (χ1n) is 6.76. The van der Waals surface area contributed by atoms with Crippen LogP contribution in [0.4, 0.5) is 5.69 Å². The molecule has 5 nitrogen and oxygen atoms in total. The van der Waals surface area contributed by atoms with E-state index in [4.69, 9.17) is 10.5 Å². The lowest BCUT2D eigenvalue weighted by Crippen LogP contribution is -2.34. The van der Waals surface area contributed by atoms with Gasteiger partial charge in [-0.25, -0.2) is 13.1 Å². The zero-order chi connectivity index (χ0) is 14.9. The second kappa shape index (κ2) is 5.71. The number of rotatable bonds is 4. The highest BCUT2D eigenvalue weighted by molar-refractivity contribution is 7.89. The molecule has 0 aromatic heterocycles. The molecule has 0 bridgehead atoms. The maximum Gasteiger partial charge on any atom is 0.241 e. The number of nitrogens with one attached hydrogen (secondary N) is 1. The fourth-order valence-corrected chi connectivity index (χ4v) is 4.58. The Morgan fingerprint density at radius 1 is 1.30 bits per heavy atom. The smallest absolute Gasteiger partial charge is 0.241 e. The van der Waals surface area contributed by atoms with E-state index in [0.717, 1.165) is 19.3 Å². The molecule has 2 rings (SSSR count). The highest BCUT2D eigenvalue weighted by atomic mass is 32.2. The van der Waals surface area contributed by atoms with Gasteiger partial charge in [0.05, 0.1) is 11.0 Å². The van der Waals surface area contributed by atoms with Gasteiger partial charge in [0.2, 0.25) is 10.0 Å². The summed E-state index contributed by atoms with van der Waals surface area (Å²) in [5.41, 5.74) is 7.65. The third-order valence-electron chi connectivity index (χ3n) is 3.95. The van der Waals surface area contributed by atoms with E-state index in [9.17, 15) is 8.42 Å². The number of ether oxygens (including phenoxy) is 1. The zero-order valence-corrected chi connectivity index (χ0v) is 13.0. The molecule has 0 aliphatic heterocycles. The summed E-state index contributed by atoms with van der Waals surface area (Å²) in [7, 11) is -1.88. The Bertz CT molecular complexity index is 599. The van der Waals surface area contributed by atoms with Crippen LogP contribution < -0.4 is 10.5 Å². The number of methoxy groups -OCH3 is 1. The van der Waals surface area contributed by atoms with E-state index in [2.05, 4.69) is 4.72 Å². The maximum atomic E-state index is 12.6. The molecule has 2 unspecified atom stereocenters. The van der Waals surface area contributed by atoms with E-state index < -0.39 is 10.0 Å². The first kappa shape index (κ1) is 15.3. The van der Waals surface area contributed by atoms with Crippen molar-refractivity contribution in [3.63, 3.8) is 0 Å². The third-order valence-corrected chi connectivity index (χ3v) is 5.76. The van der Waals surface area contributed by atoms with Crippen LogP contribution in [0.15, 0.2) is 17.0 Å². The summed E-state index contributed by atoms with van der Waals surface area (Å²) in [6.45, 7) is 3.52. The number of hydrogen-bond acceptors (Lipinski definition) is 4. The minimum atomic E-state index is -3.54. The predicted molar refractivity (Wildman–Crippen MR) is 79.1 cm³/mol. The van der Waals surface area contributed by atoms with E-state index in [1.54, 1.807) is 33.1 Å². The summed E-state index contributed by atoms with van der Waals surface area (Å²) < 4.78 is 33.2. The van der Waals surface area contributed by atoms with Crippen molar-refractivity contribution in [1.82, 2.24) is 4.72 Å². The van der Waals surface area contributed by atoms with Gasteiger partial charge in [0, 0.05) is 18.8 Å². The number of aryl methyl sites for hydroxylation is 1. The van der Waals surface area contributed by atoms with Crippen molar-refractivity contribution < 1.29 is 13.2 Å². The minimum Gasteiger partial charge on any atom is -0.398 e. The zero-order valence-electron chi connectivity index (χ0n) is 12.1. The second-order valence-corrected chi connectivity index (χ2v) is 7.07. The van der Waals surface area contributed by atoms with Crippen molar-refractivity contribution in [2.24, 2.45) is 0 Å². The van der Waals surface area contributed by atoms with Crippen molar-refractivity contribution >= 4 is 15.7 Å². The summed E-state index contributed by atoms with van der Waals surface area (Å²) in [6.07, 6.45) is 2.55. The Labute approximate surface area is 120 Å². The molecule has 20 heavy (non-hydrogen) atoms. The van der Waals surface area contributed by atoms with E-state index >= 15 is 0 Å². The van der Waals surface area contributed by atoms with Gasteiger partial charge < -0.3 is 10.5 Å². The fourth-order valence-electron chi connectivity index (χ4n) is 2.80. The van der Waals surface area contributed by atoms with Gasteiger partial charge in [-0.2, -0.15) is 0 Å². The molecule has 2 atom stereocenters. The topological polar surface area (TPSA) is 81.4 Å². The Morgan fingerprint density at radius 2 is 2.00 bits per heavy atom. The van der Waals surface area contributed by atoms with E-state index in [-0.39, 0.29) is 12.1 Å². The van der Waals surface area contributed by atoms with Crippen LogP contribution in [0, 0.1) is 13.8 Å². The van der Waals surface area contributed by atoms with Crippen molar-refractivity contribution in [3.8, 4) is 0 Å². The Kier molecular flexibility index (Phi) is 4.36. The van der Waals surface area contributed by atoms with Crippen LogP contribution in [-0.4, -0.2) is 27.7 Å². The quantitative estimate of drug-likeness (QED) is 0.830. The van der Waals surface area contributed by atoms with Crippen molar-refractivity contribution in [1.29, 1.82) is 0 Å². The van der Waals surface area contributed by atoms with Crippen LogP contribution >= 0.6 is 0 Å². The van der Waals surface area contributed by atoms with Gasteiger partial charge in [0.25, 0.3) is 0 Å². The van der Waals surface area contributed by atoms with Gasteiger partial charge in [-0.15, -0.1) is 0 Å². The molecule has 1 saturated carbocycles. The average molecular weight is 298 g/mol. The van der Waals surface area contributed by atoms with Crippen LogP contribution in [-0.2, 0) is 14.8 Å². The average Bonchev–Trinajstić information content (AvgIpc) is 2.81. The molecule has 0 radical (unpaired) electrons. The normalized spacial score (nSPS) is 23.1. The number of sulfonamides is 1.